The Kier molecular flexibility index (Phi) is 7.91. The van der Waals surface area contributed by atoms with Gasteiger partial charge in [0, 0.05) is 18.5 Å². The molecule has 5 nitrogen and oxygen atoms in total. The number of rotatable bonds is 6. The van der Waals surface area contributed by atoms with E-state index in [0.717, 1.165) is 37.9 Å². The van der Waals surface area contributed by atoms with Crippen molar-refractivity contribution < 1.29 is 9.59 Å². The quantitative estimate of drug-likeness (QED) is 0.743. The summed E-state index contributed by atoms with van der Waals surface area (Å²) in [5.74, 6) is 0.280. The molecule has 2 rings (SSSR count). The van der Waals surface area contributed by atoms with Gasteiger partial charge in [0.15, 0.2) is 0 Å². The van der Waals surface area contributed by atoms with Gasteiger partial charge < -0.3 is 16.4 Å². The lowest BCUT2D eigenvalue weighted by Crippen LogP contribution is -2.29. The lowest BCUT2D eigenvalue weighted by Gasteiger charge is -2.22. The molecule has 0 unspecified atom stereocenters. The summed E-state index contributed by atoms with van der Waals surface area (Å²) in [5, 5.41) is 6.22. The normalized spacial score (nSPS) is 14.9. The van der Waals surface area contributed by atoms with Gasteiger partial charge in [-0.2, -0.15) is 0 Å². The molecule has 0 aromatic heterocycles. The molecule has 1 aliphatic rings. The molecular weight excluding hydrogens is 302 g/mol. The average molecular weight is 326 g/mol. The number of hydrogen-bond donors (Lipinski definition) is 3. The van der Waals surface area contributed by atoms with E-state index in [-0.39, 0.29) is 18.3 Å². The number of benzene rings is 1. The van der Waals surface area contributed by atoms with E-state index in [1.807, 2.05) is 6.07 Å². The Morgan fingerprint density at radius 3 is 2.68 bits per heavy atom. The molecule has 2 amide bonds. The van der Waals surface area contributed by atoms with E-state index in [2.05, 4.69) is 10.6 Å². The van der Waals surface area contributed by atoms with Gasteiger partial charge in [-0.1, -0.05) is 12.1 Å². The summed E-state index contributed by atoms with van der Waals surface area (Å²) in [4.78, 5) is 23.0. The van der Waals surface area contributed by atoms with Gasteiger partial charge in [0.25, 0.3) is 0 Å². The third kappa shape index (κ3) is 6.03. The van der Waals surface area contributed by atoms with Crippen molar-refractivity contribution in [2.75, 3.05) is 13.1 Å². The van der Waals surface area contributed by atoms with Crippen molar-refractivity contribution in [2.45, 2.75) is 32.2 Å². The number of amides is 2. The summed E-state index contributed by atoms with van der Waals surface area (Å²) in [7, 11) is 0. The minimum Gasteiger partial charge on any atom is -0.366 e. The van der Waals surface area contributed by atoms with Crippen molar-refractivity contribution >= 4 is 24.2 Å². The predicted molar refractivity (Wildman–Crippen MR) is 88.9 cm³/mol. The Morgan fingerprint density at radius 1 is 1.27 bits per heavy atom. The van der Waals surface area contributed by atoms with Gasteiger partial charge >= 0.3 is 0 Å². The molecule has 1 aromatic carbocycles. The lowest BCUT2D eigenvalue weighted by atomic mass is 9.93. The highest BCUT2D eigenvalue weighted by atomic mass is 35.5. The zero-order chi connectivity index (χ0) is 15.1. The topological polar surface area (TPSA) is 84.2 Å². The van der Waals surface area contributed by atoms with Crippen molar-refractivity contribution in [1.29, 1.82) is 0 Å². The van der Waals surface area contributed by atoms with Crippen LogP contribution in [0.4, 0.5) is 0 Å². The summed E-state index contributed by atoms with van der Waals surface area (Å²) in [5.41, 5.74) is 6.60. The molecular formula is C16H24ClN3O2. The van der Waals surface area contributed by atoms with Crippen LogP contribution in [0.25, 0.3) is 0 Å². The second kappa shape index (κ2) is 9.43. The number of hydrogen-bond acceptors (Lipinski definition) is 3. The number of nitrogens with two attached hydrogens (primary N) is 1. The van der Waals surface area contributed by atoms with Crippen molar-refractivity contribution in [3.8, 4) is 0 Å². The molecule has 1 aliphatic heterocycles. The Labute approximate surface area is 137 Å². The van der Waals surface area contributed by atoms with Gasteiger partial charge in [0.1, 0.15) is 0 Å². The molecule has 0 radical (unpaired) electrons. The summed E-state index contributed by atoms with van der Waals surface area (Å²) >= 11 is 0. The van der Waals surface area contributed by atoms with Crippen LogP contribution in [-0.2, 0) is 11.3 Å². The Balaban J connectivity index is 0.00000242. The summed E-state index contributed by atoms with van der Waals surface area (Å²) in [6.45, 7) is 2.56. The average Bonchev–Trinajstić information content (AvgIpc) is 2.52. The Morgan fingerprint density at radius 2 is 2.00 bits per heavy atom. The van der Waals surface area contributed by atoms with Crippen LogP contribution in [0.5, 0.6) is 0 Å². The first-order chi connectivity index (χ1) is 10.1. The van der Waals surface area contributed by atoms with E-state index < -0.39 is 5.91 Å². The highest BCUT2D eigenvalue weighted by molar-refractivity contribution is 5.92. The van der Waals surface area contributed by atoms with Crippen molar-refractivity contribution in [2.24, 2.45) is 11.7 Å². The largest absolute Gasteiger partial charge is 0.366 e. The first kappa shape index (κ1) is 18.5. The number of halogens is 1. The van der Waals surface area contributed by atoms with E-state index in [1.54, 1.807) is 18.2 Å². The molecule has 0 atom stereocenters. The van der Waals surface area contributed by atoms with E-state index in [4.69, 9.17) is 5.73 Å². The van der Waals surface area contributed by atoms with Crippen LogP contribution in [0.15, 0.2) is 24.3 Å². The molecule has 0 aliphatic carbocycles. The zero-order valence-corrected chi connectivity index (χ0v) is 13.5. The third-order valence-electron chi connectivity index (χ3n) is 3.94. The van der Waals surface area contributed by atoms with Gasteiger partial charge in [-0.15, -0.1) is 12.4 Å². The van der Waals surface area contributed by atoms with E-state index in [0.29, 0.717) is 24.4 Å². The van der Waals surface area contributed by atoms with Crippen LogP contribution in [0.3, 0.4) is 0 Å². The minimum absolute atomic E-state index is 0. The molecule has 122 valence electrons. The van der Waals surface area contributed by atoms with Crippen molar-refractivity contribution in [3.63, 3.8) is 0 Å². The summed E-state index contributed by atoms with van der Waals surface area (Å²) < 4.78 is 0. The predicted octanol–water partition coefficient (Wildman–Crippen LogP) is 1.60. The van der Waals surface area contributed by atoms with Crippen LogP contribution in [0, 0.1) is 5.92 Å². The highest BCUT2D eigenvalue weighted by Crippen LogP contribution is 2.17. The fraction of sp³-hybridized carbons (Fsp3) is 0.500. The van der Waals surface area contributed by atoms with Crippen LogP contribution >= 0.6 is 12.4 Å². The number of carbonyl (C=O) groups excluding carboxylic acids is 2. The van der Waals surface area contributed by atoms with Gasteiger partial charge in [0.2, 0.25) is 11.8 Å². The minimum atomic E-state index is -0.450. The van der Waals surface area contributed by atoms with E-state index in [9.17, 15) is 9.59 Å². The second-order valence-corrected chi connectivity index (χ2v) is 5.57. The summed E-state index contributed by atoms with van der Waals surface area (Å²) in [6, 6.07) is 7.04. The fourth-order valence-corrected chi connectivity index (χ4v) is 2.63. The van der Waals surface area contributed by atoms with Gasteiger partial charge in [-0.3, -0.25) is 9.59 Å². The molecule has 0 bridgehead atoms. The molecule has 4 N–H and O–H groups in total. The number of piperidine rings is 1. The smallest absolute Gasteiger partial charge is 0.248 e. The number of carbonyl (C=O) groups is 2. The molecule has 1 saturated heterocycles. The van der Waals surface area contributed by atoms with Crippen LogP contribution in [0.2, 0.25) is 0 Å². The molecule has 0 spiro atoms. The van der Waals surface area contributed by atoms with Crippen LogP contribution in [0.1, 0.15) is 41.6 Å². The maximum atomic E-state index is 11.9. The van der Waals surface area contributed by atoms with E-state index >= 15 is 0 Å². The zero-order valence-electron chi connectivity index (χ0n) is 12.6. The first-order valence-electron chi connectivity index (χ1n) is 7.51. The van der Waals surface area contributed by atoms with Gasteiger partial charge in [-0.05, 0) is 56.0 Å². The Hall–Kier alpha value is -1.59. The fourth-order valence-electron chi connectivity index (χ4n) is 2.63. The lowest BCUT2D eigenvalue weighted by molar-refractivity contribution is -0.121. The van der Waals surface area contributed by atoms with Gasteiger partial charge in [0.05, 0.1) is 0 Å². The summed E-state index contributed by atoms with van der Waals surface area (Å²) in [6.07, 6.45) is 3.84. The number of primary amides is 1. The maximum Gasteiger partial charge on any atom is 0.248 e. The molecule has 1 aromatic rings. The standard InChI is InChI=1S/C16H23N3O2.ClH/c17-16(21)14-3-1-2-13(10-14)11-19-15(20)5-4-12-6-8-18-9-7-12;/h1-3,10,12,18H,4-9,11H2,(H2,17,21)(H,19,20);1H. The number of nitrogens with one attached hydrogen (secondary N) is 2. The Bertz CT molecular complexity index is 502. The van der Waals surface area contributed by atoms with Crippen molar-refractivity contribution in [3.05, 3.63) is 35.4 Å². The molecule has 6 heteroatoms. The molecule has 1 fully saturated rings. The van der Waals surface area contributed by atoms with Gasteiger partial charge in [-0.25, -0.2) is 0 Å². The second-order valence-electron chi connectivity index (χ2n) is 5.57. The van der Waals surface area contributed by atoms with Crippen LogP contribution < -0.4 is 16.4 Å². The molecule has 22 heavy (non-hydrogen) atoms. The van der Waals surface area contributed by atoms with Crippen LogP contribution in [-0.4, -0.2) is 24.9 Å². The maximum absolute atomic E-state index is 11.9. The van der Waals surface area contributed by atoms with Crippen molar-refractivity contribution in [1.82, 2.24) is 10.6 Å². The first-order valence-corrected chi connectivity index (χ1v) is 7.51. The highest BCUT2D eigenvalue weighted by Gasteiger charge is 2.14. The SMILES string of the molecule is Cl.NC(=O)c1cccc(CNC(=O)CCC2CCNCC2)c1. The van der Waals surface area contributed by atoms with E-state index in [1.165, 1.54) is 0 Å². The molecule has 0 saturated carbocycles. The third-order valence-corrected chi connectivity index (χ3v) is 3.94. The monoisotopic (exact) mass is 325 g/mol. The molecule has 1 heterocycles.